The minimum absolute atomic E-state index is 0. The molecule has 0 aliphatic rings. The molecular weight excluding hydrogens is 378 g/mol. The molecule has 17 heteroatoms. The van der Waals surface area contributed by atoms with Crippen molar-refractivity contribution < 1.29 is 90.4 Å². The zero-order valence-electron chi connectivity index (χ0n) is 8.37. The molecule has 0 aromatic heterocycles. The van der Waals surface area contributed by atoms with Gasteiger partial charge in [0.05, 0.1) is 0 Å². The Morgan fingerprint density at radius 1 is 0.471 bits per heavy atom. The normalized spacial score (nSPS) is 2.35. The molecule has 17 heavy (non-hydrogen) atoms. The fourth-order valence-corrected chi connectivity index (χ4v) is 0. The predicted octanol–water partition coefficient (Wildman–Crippen LogP) is -5.66. The average Bonchev–Trinajstić information content (AvgIpc) is 2.09. The molecule has 0 saturated carbocycles. The Bertz CT molecular complexity index is 97.0. The third kappa shape index (κ3) is 15800. The van der Waals surface area contributed by atoms with Crippen molar-refractivity contribution in [3.8, 4) is 0 Å². The zero-order chi connectivity index (χ0) is 13.5. The van der Waals surface area contributed by atoms with E-state index in [1.807, 2.05) is 0 Å². The standard InChI is InChI=1S/5BHO2.Ce.Mg/c5*2-1-3;;/h5*2H;;/q;;;;;+3;+2. The van der Waals surface area contributed by atoms with E-state index in [0.717, 1.165) is 0 Å². The van der Waals surface area contributed by atoms with Gasteiger partial charge in [0.15, 0.2) is 0 Å². The van der Waals surface area contributed by atoms with E-state index in [2.05, 4.69) is 0 Å². The van der Waals surface area contributed by atoms with Gasteiger partial charge in [0.2, 0.25) is 0 Å². The number of rotatable bonds is 0. The minimum Gasteiger partial charge on any atom is 2.00 e. The summed E-state index contributed by atoms with van der Waals surface area (Å²) in [5.74, 6) is 0. The molecule has 10 nitrogen and oxygen atoms in total. The van der Waals surface area contributed by atoms with E-state index in [1.54, 1.807) is 0 Å². The van der Waals surface area contributed by atoms with Crippen LogP contribution >= 0.6 is 0 Å². The molecule has 0 atom stereocenters. The number of hydrogen-bond donors (Lipinski definition) is 5. The van der Waals surface area contributed by atoms with Crippen LogP contribution in [0.3, 0.4) is 0 Å². The molecule has 0 aliphatic heterocycles. The van der Waals surface area contributed by atoms with Crippen LogP contribution in [0.1, 0.15) is 0 Å². The fraction of sp³-hybridized carbons (Fsp3) is 0. The van der Waals surface area contributed by atoms with Gasteiger partial charge >= 0.3 is 150 Å². The molecule has 0 aromatic rings. The second-order valence-electron chi connectivity index (χ2n) is 0.527. The van der Waals surface area contributed by atoms with Gasteiger partial charge in [-0.3, -0.25) is 0 Å². The first-order valence-electron chi connectivity index (χ1n) is 2.47. The summed E-state index contributed by atoms with van der Waals surface area (Å²) in [5.41, 5.74) is 0. The zero-order valence-corrected chi connectivity index (χ0v) is 12.9. The Morgan fingerprint density at radius 3 is 0.471 bits per heavy atom. The molecule has 0 amide bonds. The van der Waals surface area contributed by atoms with Crippen LogP contribution in [0, 0.1) is 41.7 Å². The summed E-state index contributed by atoms with van der Waals surface area (Å²) < 4.78 is 41.8. The second kappa shape index (κ2) is 132. The Morgan fingerprint density at radius 2 is 0.471 bits per heavy atom. The van der Waals surface area contributed by atoms with Crippen molar-refractivity contribution in [3.63, 3.8) is 0 Å². The van der Waals surface area contributed by atoms with Gasteiger partial charge < -0.3 is 0 Å². The molecule has 81 valence electrons. The van der Waals surface area contributed by atoms with Crippen LogP contribution in [0.4, 0.5) is 0 Å². The van der Waals surface area contributed by atoms with Crippen LogP contribution < -0.4 is 0 Å². The molecule has 5 N–H and O–H groups in total. The maximum Gasteiger partial charge on any atom is 3.00 e. The SMILES string of the molecule is O=BO.O=BO.O=BO.O=BO.O=BO.[Ce+3].[Mg+2]. The summed E-state index contributed by atoms with van der Waals surface area (Å²) >= 11 is 0. The van der Waals surface area contributed by atoms with Gasteiger partial charge in [0.25, 0.3) is 0 Å². The van der Waals surface area contributed by atoms with Gasteiger partial charge in [0, 0.05) is 0 Å². The topological polar surface area (TPSA) is 186 Å². The van der Waals surface area contributed by atoms with E-state index in [4.69, 9.17) is 48.6 Å². The van der Waals surface area contributed by atoms with Crippen LogP contribution in [0.2, 0.25) is 0 Å². The summed E-state index contributed by atoms with van der Waals surface area (Å²) in [5, 5.41) is 34.4. The molecule has 0 unspecified atom stereocenters. The van der Waals surface area contributed by atoms with E-state index in [9.17, 15) is 0 Å². The first-order valence-corrected chi connectivity index (χ1v) is 2.47. The smallest absolute Gasteiger partial charge is 2.00 e. The molecule has 1 radical (unpaired) electrons. The summed E-state index contributed by atoms with van der Waals surface area (Å²) in [4.78, 5) is 0. The van der Waals surface area contributed by atoms with Crippen molar-refractivity contribution in [1.82, 2.24) is 0 Å². The van der Waals surface area contributed by atoms with Gasteiger partial charge in [-0.1, -0.05) is 0 Å². The Labute approximate surface area is 149 Å². The van der Waals surface area contributed by atoms with Crippen LogP contribution in [0.5, 0.6) is 0 Å². The molecule has 0 bridgehead atoms. The largest absolute Gasteiger partial charge is 3.00 e. The molecule has 0 aliphatic carbocycles. The van der Waals surface area contributed by atoms with Crippen molar-refractivity contribution in [1.29, 1.82) is 0 Å². The van der Waals surface area contributed by atoms with E-state index in [0.29, 0.717) is 0 Å². The third-order valence-electron chi connectivity index (χ3n) is 0. The molecule has 0 aromatic carbocycles. The molecule has 0 saturated heterocycles. The first-order chi connectivity index (χ1) is 7.07. The summed E-state index contributed by atoms with van der Waals surface area (Å²) in [6.45, 7) is 0. The van der Waals surface area contributed by atoms with Gasteiger partial charge in [-0.2, -0.15) is 0 Å². The van der Waals surface area contributed by atoms with E-state index < -0.39 is 0 Å². The van der Waals surface area contributed by atoms with Crippen molar-refractivity contribution in [2.45, 2.75) is 0 Å². The van der Waals surface area contributed by atoms with Gasteiger partial charge in [-0.15, -0.1) is 0 Å². The van der Waals surface area contributed by atoms with E-state index >= 15 is 0 Å². The van der Waals surface area contributed by atoms with Crippen LogP contribution in [0.25, 0.3) is 0 Å². The molecule has 0 spiro atoms. The summed E-state index contributed by atoms with van der Waals surface area (Å²) in [6, 6.07) is 0. The molecule has 0 fully saturated rings. The molecular formula is H5B5CeMgO10+5. The van der Waals surface area contributed by atoms with Crippen molar-refractivity contribution in [2.24, 2.45) is 0 Å². The monoisotopic (exact) mass is 384 g/mol. The molecule has 0 rings (SSSR count). The average molecular weight is 384 g/mol. The van der Waals surface area contributed by atoms with Crippen molar-refractivity contribution in [2.75, 3.05) is 0 Å². The quantitative estimate of drug-likeness (QED) is 0.252. The first kappa shape index (κ1) is 43.2. The minimum atomic E-state index is -0.250. The van der Waals surface area contributed by atoms with Crippen LogP contribution in [-0.4, -0.2) is 84.9 Å². The fourth-order valence-electron chi connectivity index (χ4n) is 0. The Kier molecular flexibility index (Phi) is 335. The number of hydrogen-bond acceptors (Lipinski definition) is 5. The van der Waals surface area contributed by atoms with Crippen LogP contribution in [-0.2, 0) is 23.5 Å². The van der Waals surface area contributed by atoms with Crippen LogP contribution in [0.15, 0.2) is 0 Å². The predicted molar refractivity (Wildman–Crippen MR) is 49.1 cm³/mol. The Hall–Kier alpha value is 0.468. The van der Waals surface area contributed by atoms with Crippen molar-refractivity contribution >= 4 is 59.8 Å². The van der Waals surface area contributed by atoms with E-state index in [-0.39, 0.29) is 102 Å². The molecule has 0 heterocycles. The van der Waals surface area contributed by atoms with Gasteiger partial charge in [0.1, 0.15) is 0 Å². The summed E-state index contributed by atoms with van der Waals surface area (Å²) in [6.07, 6.45) is 0. The maximum absolute atomic E-state index is 8.36. The second-order valence-corrected chi connectivity index (χ2v) is 0.527. The van der Waals surface area contributed by atoms with E-state index in [1.165, 1.54) is 0 Å². The summed E-state index contributed by atoms with van der Waals surface area (Å²) in [7, 11) is -1.25. The van der Waals surface area contributed by atoms with Crippen molar-refractivity contribution in [3.05, 3.63) is 0 Å². The third-order valence-corrected chi connectivity index (χ3v) is 0. The Balaban J connectivity index is -0.0000000143. The van der Waals surface area contributed by atoms with Gasteiger partial charge in [-0.25, -0.2) is 0 Å². The van der Waals surface area contributed by atoms with Gasteiger partial charge in [-0.05, 0) is 0 Å². The maximum atomic E-state index is 8.36.